The molecule has 0 fully saturated rings. The van der Waals surface area contributed by atoms with E-state index in [9.17, 15) is 0 Å². The van der Waals surface area contributed by atoms with Gasteiger partial charge in [0.05, 0.1) is 0 Å². The van der Waals surface area contributed by atoms with E-state index in [-0.39, 0.29) is 0 Å². The molecule has 0 heterocycles. The first kappa shape index (κ1) is 15.0. The van der Waals surface area contributed by atoms with Crippen molar-refractivity contribution in [3.8, 4) is 5.75 Å². The van der Waals surface area contributed by atoms with E-state index in [1.165, 1.54) is 19.3 Å². The van der Waals surface area contributed by atoms with E-state index in [4.69, 9.17) is 8.85 Å². The van der Waals surface area contributed by atoms with E-state index >= 15 is 0 Å². The van der Waals surface area contributed by atoms with Crippen LogP contribution in [-0.4, -0.2) is 15.2 Å². The van der Waals surface area contributed by atoms with Crippen molar-refractivity contribution in [3.63, 3.8) is 0 Å². The second kappa shape index (κ2) is 8.11. The highest BCUT2D eigenvalue weighted by molar-refractivity contribution is 6.71. The quantitative estimate of drug-likeness (QED) is 0.484. The Balaban J connectivity index is 2.40. The van der Waals surface area contributed by atoms with E-state index < -0.39 is 8.56 Å². The Morgan fingerprint density at radius 2 is 1.89 bits per heavy atom. The lowest BCUT2D eigenvalue weighted by Crippen LogP contribution is -2.40. The summed E-state index contributed by atoms with van der Waals surface area (Å²) in [6, 6.07) is 9.82. The van der Waals surface area contributed by atoms with Gasteiger partial charge in [0, 0.05) is 6.61 Å². The van der Waals surface area contributed by atoms with Gasteiger partial charge in [-0.2, -0.15) is 0 Å². The molecule has 18 heavy (non-hydrogen) atoms. The number of benzene rings is 1. The van der Waals surface area contributed by atoms with Crippen LogP contribution in [0.1, 0.15) is 32.6 Å². The van der Waals surface area contributed by atoms with Crippen molar-refractivity contribution in [3.05, 3.63) is 42.6 Å². The molecule has 0 saturated carbocycles. The fourth-order valence-corrected chi connectivity index (χ4v) is 3.07. The van der Waals surface area contributed by atoms with Gasteiger partial charge < -0.3 is 8.85 Å². The smallest absolute Gasteiger partial charge is 0.422 e. The minimum atomic E-state index is -2.26. The van der Waals surface area contributed by atoms with Gasteiger partial charge >= 0.3 is 8.56 Å². The molecule has 0 aliphatic heterocycles. The Morgan fingerprint density at radius 3 is 2.50 bits per heavy atom. The van der Waals surface area contributed by atoms with Crippen LogP contribution in [0.4, 0.5) is 0 Å². The van der Waals surface area contributed by atoms with Gasteiger partial charge in [-0.15, -0.1) is 6.58 Å². The molecular formula is C15H24O2Si. The number of unbranched alkanes of at least 4 members (excludes halogenated alkanes) is 3. The van der Waals surface area contributed by atoms with Crippen LogP contribution < -0.4 is 4.43 Å². The van der Waals surface area contributed by atoms with Crippen LogP contribution in [0.15, 0.2) is 42.6 Å². The van der Waals surface area contributed by atoms with E-state index in [2.05, 4.69) is 13.5 Å². The van der Waals surface area contributed by atoms with Crippen molar-refractivity contribution in [1.29, 1.82) is 0 Å². The van der Waals surface area contributed by atoms with Crippen molar-refractivity contribution < 1.29 is 8.85 Å². The average Bonchev–Trinajstić information content (AvgIpc) is 2.40. The normalized spacial score (nSPS) is 13.9. The third-order valence-corrected chi connectivity index (χ3v) is 4.98. The highest BCUT2D eigenvalue weighted by Gasteiger charge is 2.29. The second-order valence-corrected chi connectivity index (χ2v) is 7.48. The fourth-order valence-electron chi connectivity index (χ4n) is 1.66. The van der Waals surface area contributed by atoms with Gasteiger partial charge in [0.2, 0.25) is 0 Å². The first-order valence-electron chi connectivity index (χ1n) is 6.72. The van der Waals surface area contributed by atoms with Crippen molar-refractivity contribution >= 4 is 8.56 Å². The van der Waals surface area contributed by atoms with Gasteiger partial charge in [-0.05, 0) is 30.8 Å². The molecule has 1 aromatic carbocycles. The summed E-state index contributed by atoms with van der Waals surface area (Å²) in [4.78, 5) is 0. The third kappa shape index (κ3) is 5.51. The minimum Gasteiger partial charge on any atom is -0.518 e. The SMILES string of the molecule is C=C[Si](C)(OCCCCCC)Oc1ccccc1. The summed E-state index contributed by atoms with van der Waals surface area (Å²) in [6.45, 7) is 8.87. The van der Waals surface area contributed by atoms with Crippen LogP contribution in [0.2, 0.25) is 6.55 Å². The molecule has 100 valence electrons. The third-order valence-electron chi connectivity index (χ3n) is 2.82. The number of hydrogen-bond acceptors (Lipinski definition) is 2. The molecule has 0 spiro atoms. The highest BCUT2D eigenvalue weighted by atomic mass is 28.4. The van der Waals surface area contributed by atoms with Crippen LogP contribution in [-0.2, 0) is 4.43 Å². The van der Waals surface area contributed by atoms with Crippen molar-refractivity contribution in [2.24, 2.45) is 0 Å². The highest BCUT2D eigenvalue weighted by Crippen LogP contribution is 2.17. The molecular weight excluding hydrogens is 240 g/mol. The summed E-state index contributed by atoms with van der Waals surface area (Å²) in [5.41, 5.74) is 1.85. The predicted octanol–water partition coefficient (Wildman–Crippen LogP) is 4.46. The lowest BCUT2D eigenvalue weighted by Gasteiger charge is -2.24. The molecule has 0 aliphatic carbocycles. The monoisotopic (exact) mass is 264 g/mol. The van der Waals surface area contributed by atoms with E-state index in [0.29, 0.717) is 0 Å². The van der Waals surface area contributed by atoms with Gasteiger partial charge in [0.1, 0.15) is 5.75 Å². The summed E-state index contributed by atoms with van der Waals surface area (Å²) in [7, 11) is -2.26. The maximum absolute atomic E-state index is 5.96. The standard InChI is InChI=1S/C15H24O2Si/c1-4-6-7-11-14-16-18(3,5-2)17-15-12-9-8-10-13-15/h5,8-10,12-13H,2,4,6-7,11,14H2,1,3H3. The summed E-state index contributed by atoms with van der Waals surface area (Å²) < 4.78 is 11.9. The molecule has 0 amide bonds. The first-order valence-corrected chi connectivity index (χ1v) is 9.11. The lowest BCUT2D eigenvalue weighted by atomic mass is 10.2. The molecule has 1 atom stereocenters. The molecule has 0 radical (unpaired) electrons. The number of rotatable bonds is 9. The molecule has 0 N–H and O–H groups in total. The second-order valence-electron chi connectivity index (χ2n) is 4.54. The molecule has 1 rings (SSSR count). The van der Waals surface area contributed by atoms with Crippen LogP contribution in [0.25, 0.3) is 0 Å². The summed E-state index contributed by atoms with van der Waals surface area (Å²) >= 11 is 0. The molecule has 3 heteroatoms. The van der Waals surface area contributed by atoms with Crippen LogP contribution in [0.5, 0.6) is 5.75 Å². The number of para-hydroxylation sites is 1. The molecule has 0 aromatic heterocycles. The van der Waals surface area contributed by atoms with E-state index in [0.717, 1.165) is 18.8 Å². The minimum absolute atomic E-state index is 0.765. The summed E-state index contributed by atoms with van der Waals surface area (Å²) in [5, 5.41) is 0. The Hall–Kier alpha value is -1.06. The Kier molecular flexibility index (Phi) is 6.76. The molecule has 1 unspecified atom stereocenters. The molecule has 1 aromatic rings. The molecule has 0 aliphatic rings. The van der Waals surface area contributed by atoms with Crippen LogP contribution >= 0.6 is 0 Å². The van der Waals surface area contributed by atoms with Crippen molar-refractivity contribution in [2.45, 2.75) is 39.2 Å². The maximum Gasteiger partial charge on any atom is 0.422 e. The molecule has 2 nitrogen and oxygen atoms in total. The fraction of sp³-hybridized carbons (Fsp3) is 0.467. The van der Waals surface area contributed by atoms with E-state index in [1.54, 1.807) is 0 Å². The molecule has 0 bridgehead atoms. The lowest BCUT2D eigenvalue weighted by molar-refractivity contribution is 0.246. The van der Waals surface area contributed by atoms with E-state index in [1.807, 2.05) is 42.6 Å². The molecule has 0 saturated heterocycles. The van der Waals surface area contributed by atoms with Gasteiger partial charge in [-0.1, -0.05) is 44.4 Å². The average molecular weight is 264 g/mol. The maximum atomic E-state index is 5.96. The zero-order chi connectivity index (χ0) is 13.3. The van der Waals surface area contributed by atoms with Gasteiger partial charge in [0.15, 0.2) is 0 Å². The first-order chi connectivity index (χ1) is 8.70. The predicted molar refractivity (Wildman–Crippen MR) is 79.0 cm³/mol. The van der Waals surface area contributed by atoms with Gasteiger partial charge in [-0.25, -0.2) is 0 Å². The summed E-state index contributed by atoms with van der Waals surface area (Å²) in [6.07, 6.45) is 4.85. The Morgan fingerprint density at radius 1 is 1.17 bits per heavy atom. The number of hydrogen-bond donors (Lipinski definition) is 0. The van der Waals surface area contributed by atoms with Crippen molar-refractivity contribution in [2.75, 3.05) is 6.61 Å². The van der Waals surface area contributed by atoms with Gasteiger partial charge in [0.25, 0.3) is 0 Å². The zero-order valence-electron chi connectivity index (χ0n) is 11.5. The largest absolute Gasteiger partial charge is 0.518 e. The van der Waals surface area contributed by atoms with Crippen LogP contribution in [0.3, 0.4) is 0 Å². The zero-order valence-corrected chi connectivity index (χ0v) is 12.5. The Labute approximate surface area is 112 Å². The van der Waals surface area contributed by atoms with Crippen molar-refractivity contribution in [1.82, 2.24) is 0 Å². The Bertz CT molecular complexity index is 340. The van der Waals surface area contributed by atoms with Gasteiger partial charge in [-0.3, -0.25) is 0 Å². The summed E-state index contributed by atoms with van der Waals surface area (Å²) in [5.74, 6) is 0.861. The topological polar surface area (TPSA) is 18.5 Å². The van der Waals surface area contributed by atoms with Crippen LogP contribution in [0, 0.1) is 0 Å².